The van der Waals surface area contributed by atoms with Gasteiger partial charge in [-0.05, 0) is 30.9 Å². The van der Waals surface area contributed by atoms with E-state index >= 15 is 0 Å². The number of nitrogens with one attached hydrogen (secondary N) is 1. The summed E-state index contributed by atoms with van der Waals surface area (Å²) >= 11 is 0. The summed E-state index contributed by atoms with van der Waals surface area (Å²) in [6.45, 7) is 2.69. The topological polar surface area (TPSA) is 29.1 Å². The van der Waals surface area contributed by atoms with Crippen molar-refractivity contribution >= 4 is 5.91 Å². The van der Waals surface area contributed by atoms with Gasteiger partial charge in [-0.3, -0.25) is 4.79 Å². The second-order valence-corrected chi connectivity index (χ2v) is 6.68. The molecule has 0 unspecified atom stereocenters. The van der Waals surface area contributed by atoms with Crippen molar-refractivity contribution in [3.63, 3.8) is 0 Å². The van der Waals surface area contributed by atoms with Crippen molar-refractivity contribution in [3.8, 4) is 0 Å². The Morgan fingerprint density at radius 2 is 1.74 bits per heavy atom. The zero-order chi connectivity index (χ0) is 16.1. The second kappa shape index (κ2) is 6.99. The molecule has 2 aromatic rings. The van der Waals surface area contributed by atoms with Gasteiger partial charge < -0.3 is 5.32 Å². The normalized spacial score (nSPS) is 16.7. The van der Waals surface area contributed by atoms with Crippen LogP contribution < -0.4 is 5.32 Å². The van der Waals surface area contributed by atoms with Crippen molar-refractivity contribution in [3.05, 3.63) is 71.3 Å². The highest BCUT2D eigenvalue weighted by atomic mass is 16.2. The molecule has 2 nitrogen and oxygen atoms in total. The summed E-state index contributed by atoms with van der Waals surface area (Å²) in [5.41, 5.74) is 3.22. The van der Waals surface area contributed by atoms with Gasteiger partial charge in [0.1, 0.15) is 0 Å². The van der Waals surface area contributed by atoms with Crippen LogP contribution >= 0.6 is 0 Å². The number of hydrogen-bond acceptors (Lipinski definition) is 1. The lowest BCUT2D eigenvalue weighted by Gasteiger charge is -2.36. The minimum Gasteiger partial charge on any atom is -0.351 e. The van der Waals surface area contributed by atoms with Crippen LogP contribution in [0.1, 0.15) is 48.8 Å². The molecular formula is C21H25NO. The predicted octanol–water partition coefficient (Wildman–Crippen LogP) is 4.51. The highest BCUT2D eigenvalue weighted by Crippen LogP contribution is 2.39. The van der Waals surface area contributed by atoms with E-state index in [1.54, 1.807) is 0 Å². The molecule has 1 N–H and O–H groups in total. The Hall–Kier alpha value is -2.09. The molecule has 1 amide bonds. The number of carbonyl (C=O) groups is 1. The van der Waals surface area contributed by atoms with Gasteiger partial charge in [0.25, 0.3) is 0 Å². The summed E-state index contributed by atoms with van der Waals surface area (Å²) in [5.74, 6) is 0.185. The molecule has 0 aromatic heterocycles. The molecule has 2 aromatic carbocycles. The van der Waals surface area contributed by atoms with Crippen LogP contribution in [0.25, 0.3) is 0 Å². The molecular weight excluding hydrogens is 282 g/mol. The fourth-order valence-electron chi connectivity index (χ4n) is 3.73. The molecule has 0 saturated heterocycles. The fourth-order valence-corrected chi connectivity index (χ4v) is 3.73. The Bertz CT molecular complexity index is 657. The van der Waals surface area contributed by atoms with Crippen molar-refractivity contribution in [2.45, 2.75) is 51.0 Å². The number of rotatable bonds is 4. The van der Waals surface area contributed by atoms with E-state index in [2.05, 4.69) is 42.6 Å². The first-order valence-corrected chi connectivity index (χ1v) is 8.60. The Labute approximate surface area is 138 Å². The van der Waals surface area contributed by atoms with Crippen LogP contribution in [-0.4, -0.2) is 5.91 Å². The summed E-state index contributed by atoms with van der Waals surface area (Å²) in [6, 6.07) is 18.7. The quantitative estimate of drug-likeness (QED) is 0.884. The van der Waals surface area contributed by atoms with Crippen LogP contribution in [0.15, 0.2) is 54.6 Å². The first-order valence-electron chi connectivity index (χ1n) is 8.60. The van der Waals surface area contributed by atoms with Gasteiger partial charge in [0.05, 0.1) is 5.41 Å². The van der Waals surface area contributed by atoms with Gasteiger partial charge in [0, 0.05) is 6.54 Å². The highest BCUT2D eigenvalue weighted by molar-refractivity contribution is 5.88. The molecule has 0 spiro atoms. The molecule has 0 heterocycles. The van der Waals surface area contributed by atoms with Crippen LogP contribution in [0.3, 0.4) is 0 Å². The Balaban J connectivity index is 1.78. The van der Waals surface area contributed by atoms with Crippen LogP contribution in [0, 0.1) is 6.92 Å². The molecule has 0 aliphatic heterocycles. The van der Waals surface area contributed by atoms with Crippen molar-refractivity contribution in [2.75, 3.05) is 0 Å². The van der Waals surface area contributed by atoms with Gasteiger partial charge >= 0.3 is 0 Å². The third kappa shape index (κ3) is 3.47. The Morgan fingerprint density at radius 1 is 1.00 bits per heavy atom. The molecule has 0 atom stereocenters. The molecule has 120 valence electrons. The van der Waals surface area contributed by atoms with E-state index in [1.165, 1.54) is 17.5 Å². The molecule has 0 radical (unpaired) electrons. The van der Waals surface area contributed by atoms with Crippen molar-refractivity contribution in [1.82, 2.24) is 5.32 Å². The number of aryl methyl sites for hydroxylation is 1. The zero-order valence-electron chi connectivity index (χ0n) is 13.8. The third-order valence-corrected chi connectivity index (χ3v) is 5.00. The molecule has 3 rings (SSSR count). The number of benzene rings is 2. The van der Waals surface area contributed by atoms with Gasteiger partial charge in [0.15, 0.2) is 0 Å². The van der Waals surface area contributed by atoms with Crippen LogP contribution in [-0.2, 0) is 16.8 Å². The predicted molar refractivity (Wildman–Crippen MR) is 94.2 cm³/mol. The van der Waals surface area contributed by atoms with E-state index in [1.807, 2.05) is 24.3 Å². The number of amides is 1. The molecule has 1 aliphatic carbocycles. The van der Waals surface area contributed by atoms with E-state index in [0.29, 0.717) is 6.54 Å². The summed E-state index contributed by atoms with van der Waals surface area (Å²) in [5, 5.41) is 3.20. The fraction of sp³-hybridized carbons (Fsp3) is 0.381. The van der Waals surface area contributed by atoms with E-state index in [4.69, 9.17) is 0 Å². The maximum atomic E-state index is 13.1. The third-order valence-electron chi connectivity index (χ3n) is 5.00. The van der Waals surface area contributed by atoms with Crippen molar-refractivity contribution in [2.24, 2.45) is 0 Å². The SMILES string of the molecule is Cc1cccc(CNC(=O)C2(c3ccccc3)CCCCC2)c1. The Morgan fingerprint density at radius 3 is 2.43 bits per heavy atom. The minimum absolute atomic E-state index is 0.185. The van der Waals surface area contributed by atoms with Crippen LogP contribution in [0.5, 0.6) is 0 Å². The summed E-state index contributed by atoms with van der Waals surface area (Å²) in [6.07, 6.45) is 5.41. The summed E-state index contributed by atoms with van der Waals surface area (Å²) < 4.78 is 0. The second-order valence-electron chi connectivity index (χ2n) is 6.68. The smallest absolute Gasteiger partial charge is 0.230 e. The lowest BCUT2D eigenvalue weighted by Crippen LogP contribution is -2.45. The van der Waals surface area contributed by atoms with Crippen LogP contribution in [0.2, 0.25) is 0 Å². The van der Waals surface area contributed by atoms with Crippen LogP contribution in [0.4, 0.5) is 0 Å². The van der Waals surface area contributed by atoms with E-state index in [9.17, 15) is 4.79 Å². The minimum atomic E-state index is -0.344. The average Bonchev–Trinajstić information content (AvgIpc) is 2.61. The number of hydrogen-bond donors (Lipinski definition) is 1. The van der Waals surface area contributed by atoms with E-state index < -0.39 is 0 Å². The lowest BCUT2D eigenvalue weighted by molar-refractivity contribution is -0.128. The Kier molecular flexibility index (Phi) is 4.80. The van der Waals surface area contributed by atoms with Crippen molar-refractivity contribution < 1.29 is 4.79 Å². The largest absolute Gasteiger partial charge is 0.351 e. The first kappa shape index (κ1) is 15.8. The molecule has 1 saturated carbocycles. The van der Waals surface area contributed by atoms with Crippen molar-refractivity contribution in [1.29, 1.82) is 0 Å². The van der Waals surface area contributed by atoms with Gasteiger partial charge in [-0.25, -0.2) is 0 Å². The number of carbonyl (C=O) groups excluding carboxylic acids is 1. The molecule has 23 heavy (non-hydrogen) atoms. The highest BCUT2D eigenvalue weighted by Gasteiger charge is 2.40. The van der Waals surface area contributed by atoms with Gasteiger partial charge in [0.2, 0.25) is 5.91 Å². The molecule has 1 aliphatic rings. The standard InChI is InChI=1S/C21H25NO/c1-17-9-8-10-18(15-17)16-22-20(23)21(13-6-3-7-14-21)19-11-4-2-5-12-19/h2,4-5,8-12,15H,3,6-7,13-14,16H2,1H3,(H,22,23). The average molecular weight is 307 g/mol. The molecule has 0 bridgehead atoms. The van der Waals surface area contributed by atoms with E-state index in [-0.39, 0.29) is 11.3 Å². The van der Waals surface area contributed by atoms with Gasteiger partial charge in [-0.15, -0.1) is 0 Å². The van der Waals surface area contributed by atoms with Gasteiger partial charge in [-0.2, -0.15) is 0 Å². The van der Waals surface area contributed by atoms with Gasteiger partial charge in [-0.1, -0.05) is 79.4 Å². The lowest BCUT2D eigenvalue weighted by atomic mass is 9.68. The molecule has 1 fully saturated rings. The molecule has 2 heteroatoms. The zero-order valence-corrected chi connectivity index (χ0v) is 13.8. The monoisotopic (exact) mass is 307 g/mol. The van der Waals surface area contributed by atoms with E-state index in [0.717, 1.165) is 31.2 Å². The maximum absolute atomic E-state index is 13.1. The first-order chi connectivity index (χ1) is 11.2. The maximum Gasteiger partial charge on any atom is 0.230 e. The summed E-state index contributed by atoms with van der Waals surface area (Å²) in [4.78, 5) is 13.1. The summed E-state index contributed by atoms with van der Waals surface area (Å²) in [7, 11) is 0.